The van der Waals surface area contributed by atoms with Crippen LogP contribution in [0.4, 0.5) is 5.82 Å². The second-order valence-corrected chi connectivity index (χ2v) is 2.87. The number of benzene rings is 1. The van der Waals surface area contributed by atoms with Crippen molar-refractivity contribution in [3.05, 3.63) is 23.8 Å². The molecular weight excluding hydrogens is 174 g/mol. The molecule has 0 spiro atoms. The van der Waals surface area contributed by atoms with E-state index in [9.17, 15) is 0 Å². The fraction of sp³-hybridized carbons (Fsp3) is 0.364. The van der Waals surface area contributed by atoms with Crippen molar-refractivity contribution in [1.82, 2.24) is 10.2 Å². The molecule has 0 bridgehead atoms. The zero-order chi connectivity index (χ0) is 10.6. The molecule has 0 aliphatic heterocycles. The molecule has 0 atom stereocenters. The summed E-state index contributed by atoms with van der Waals surface area (Å²) in [5.41, 5.74) is 2.32. The van der Waals surface area contributed by atoms with Crippen LogP contribution in [0.3, 0.4) is 0 Å². The fourth-order valence-corrected chi connectivity index (χ4v) is 1.32. The normalized spacial score (nSPS) is 9.43. The van der Waals surface area contributed by atoms with Gasteiger partial charge in [0, 0.05) is 12.4 Å². The average Bonchev–Trinajstić information content (AvgIpc) is 2.63. The Labute approximate surface area is 84.5 Å². The third-order valence-electron chi connectivity index (χ3n) is 1.96. The van der Waals surface area contributed by atoms with Gasteiger partial charge in [-0.25, -0.2) is 0 Å². The summed E-state index contributed by atoms with van der Waals surface area (Å²) < 4.78 is 0. The standard InChI is InChI=1S/C9H11N3.C2H6/c1-6-3-4-8-7(5-6)9(10-2)12-11-8;1-2/h3-5H,1-2H3,(H2,10,11,12);1-2H3. The Morgan fingerprint density at radius 1 is 1.29 bits per heavy atom. The number of aromatic nitrogens is 2. The van der Waals surface area contributed by atoms with Gasteiger partial charge in [-0.2, -0.15) is 5.10 Å². The van der Waals surface area contributed by atoms with Crippen LogP contribution >= 0.6 is 0 Å². The topological polar surface area (TPSA) is 40.7 Å². The maximum Gasteiger partial charge on any atom is 0.155 e. The third-order valence-corrected chi connectivity index (χ3v) is 1.96. The van der Waals surface area contributed by atoms with Crippen LogP contribution in [0, 0.1) is 6.92 Å². The second-order valence-electron chi connectivity index (χ2n) is 2.87. The highest BCUT2D eigenvalue weighted by molar-refractivity contribution is 5.89. The molecule has 1 aromatic heterocycles. The van der Waals surface area contributed by atoms with Crippen molar-refractivity contribution in [2.75, 3.05) is 12.4 Å². The summed E-state index contributed by atoms with van der Waals surface area (Å²) in [5.74, 6) is 0.911. The van der Waals surface area contributed by atoms with Gasteiger partial charge in [-0.15, -0.1) is 0 Å². The molecule has 0 radical (unpaired) electrons. The van der Waals surface area contributed by atoms with E-state index >= 15 is 0 Å². The van der Waals surface area contributed by atoms with Crippen molar-refractivity contribution in [2.24, 2.45) is 0 Å². The van der Waals surface area contributed by atoms with E-state index in [1.165, 1.54) is 5.56 Å². The summed E-state index contributed by atoms with van der Waals surface area (Å²) in [5, 5.41) is 11.3. The number of rotatable bonds is 1. The second kappa shape index (κ2) is 4.65. The van der Waals surface area contributed by atoms with Crippen molar-refractivity contribution in [1.29, 1.82) is 0 Å². The molecular formula is C11H17N3. The van der Waals surface area contributed by atoms with Crippen molar-refractivity contribution in [3.8, 4) is 0 Å². The summed E-state index contributed by atoms with van der Waals surface area (Å²) in [4.78, 5) is 0. The van der Waals surface area contributed by atoms with Gasteiger partial charge in [0.2, 0.25) is 0 Å². The van der Waals surface area contributed by atoms with Crippen molar-refractivity contribution in [3.63, 3.8) is 0 Å². The molecule has 3 nitrogen and oxygen atoms in total. The van der Waals surface area contributed by atoms with E-state index in [-0.39, 0.29) is 0 Å². The van der Waals surface area contributed by atoms with Crippen LogP contribution in [-0.2, 0) is 0 Å². The van der Waals surface area contributed by atoms with E-state index in [1.54, 1.807) is 0 Å². The van der Waals surface area contributed by atoms with Crippen LogP contribution in [0.25, 0.3) is 10.9 Å². The zero-order valence-electron chi connectivity index (χ0n) is 9.18. The first kappa shape index (κ1) is 10.6. The predicted octanol–water partition coefficient (Wildman–Crippen LogP) is 2.94. The van der Waals surface area contributed by atoms with E-state index in [0.717, 1.165) is 16.7 Å². The quantitative estimate of drug-likeness (QED) is 0.727. The van der Waals surface area contributed by atoms with Crippen LogP contribution in [0.1, 0.15) is 19.4 Å². The van der Waals surface area contributed by atoms with Crippen molar-refractivity contribution in [2.45, 2.75) is 20.8 Å². The Balaban J connectivity index is 0.000000461. The smallest absolute Gasteiger partial charge is 0.155 e. The van der Waals surface area contributed by atoms with E-state index in [2.05, 4.69) is 34.6 Å². The first-order chi connectivity index (χ1) is 6.81. The van der Waals surface area contributed by atoms with Crippen LogP contribution in [0.5, 0.6) is 0 Å². The maximum absolute atomic E-state index is 4.12. The number of fused-ring (bicyclic) bond motifs is 1. The van der Waals surface area contributed by atoms with Gasteiger partial charge in [-0.05, 0) is 19.1 Å². The fourth-order valence-electron chi connectivity index (χ4n) is 1.32. The van der Waals surface area contributed by atoms with Gasteiger partial charge in [-0.1, -0.05) is 25.5 Å². The molecule has 2 rings (SSSR count). The van der Waals surface area contributed by atoms with Crippen molar-refractivity contribution < 1.29 is 0 Å². The molecule has 1 aromatic carbocycles. The number of anilines is 1. The molecule has 0 aliphatic carbocycles. The van der Waals surface area contributed by atoms with Crippen LogP contribution in [0.15, 0.2) is 18.2 Å². The number of nitrogens with one attached hydrogen (secondary N) is 2. The first-order valence-corrected chi connectivity index (χ1v) is 4.94. The molecule has 3 heteroatoms. The highest BCUT2D eigenvalue weighted by Gasteiger charge is 2.01. The summed E-state index contributed by atoms with van der Waals surface area (Å²) in [6.45, 7) is 6.08. The lowest BCUT2D eigenvalue weighted by molar-refractivity contribution is 1.11. The third kappa shape index (κ3) is 1.87. The Morgan fingerprint density at radius 2 is 2.00 bits per heavy atom. The van der Waals surface area contributed by atoms with Crippen LogP contribution < -0.4 is 5.32 Å². The molecule has 2 aromatic rings. The Morgan fingerprint density at radius 3 is 2.64 bits per heavy atom. The summed E-state index contributed by atoms with van der Waals surface area (Å²) >= 11 is 0. The van der Waals surface area contributed by atoms with E-state index in [1.807, 2.05) is 27.0 Å². The van der Waals surface area contributed by atoms with Crippen molar-refractivity contribution >= 4 is 16.7 Å². The summed E-state index contributed by atoms with van der Waals surface area (Å²) in [7, 11) is 1.87. The Hall–Kier alpha value is -1.51. The average molecular weight is 191 g/mol. The van der Waals surface area contributed by atoms with Gasteiger partial charge in [0.15, 0.2) is 5.82 Å². The number of H-pyrrole nitrogens is 1. The highest BCUT2D eigenvalue weighted by atomic mass is 15.2. The van der Waals surface area contributed by atoms with E-state index in [0.29, 0.717) is 0 Å². The molecule has 0 saturated heterocycles. The zero-order valence-corrected chi connectivity index (χ0v) is 9.18. The number of nitrogens with zero attached hydrogens (tertiary/aromatic N) is 1. The minimum atomic E-state index is 0.911. The van der Waals surface area contributed by atoms with E-state index < -0.39 is 0 Å². The van der Waals surface area contributed by atoms with Gasteiger partial charge < -0.3 is 5.32 Å². The molecule has 2 N–H and O–H groups in total. The number of aryl methyl sites for hydroxylation is 1. The van der Waals surface area contributed by atoms with Crippen LogP contribution in [0.2, 0.25) is 0 Å². The number of hydrogen-bond donors (Lipinski definition) is 2. The molecule has 1 heterocycles. The predicted molar refractivity (Wildman–Crippen MR) is 61.7 cm³/mol. The first-order valence-electron chi connectivity index (χ1n) is 4.94. The molecule has 14 heavy (non-hydrogen) atoms. The maximum atomic E-state index is 4.12. The lowest BCUT2D eigenvalue weighted by atomic mass is 10.2. The molecule has 0 aliphatic rings. The minimum Gasteiger partial charge on any atom is -0.371 e. The molecule has 0 unspecified atom stereocenters. The minimum absolute atomic E-state index is 0.911. The lowest BCUT2D eigenvalue weighted by Crippen LogP contribution is -1.87. The molecule has 0 saturated carbocycles. The Kier molecular flexibility index (Phi) is 3.51. The van der Waals surface area contributed by atoms with Gasteiger partial charge in [0.1, 0.15) is 0 Å². The van der Waals surface area contributed by atoms with Gasteiger partial charge in [0.25, 0.3) is 0 Å². The monoisotopic (exact) mass is 191 g/mol. The van der Waals surface area contributed by atoms with Gasteiger partial charge >= 0.3 is 0 Å². The lowest BCUT2D eigenvalue weighted by Gasteiger charge is -1.94. The number of aromatic amines is 1. The Bertz CT molecular complexity index is 404. The van der Waals surface area contributed by atoms with Gasteiger partial charge in [0.05, 0.1) is 5.52 Å². The SMILES string of the molecule is CC.CNc1n[nH]c2ccc(C)cc12. The van der Waals surface area contributed by atoms with Gasteiger partial charge in [-0.3, -0.25) is 5.10 Å². The molecule has 76 valence electrons. The highest BCUT2D eigenvalue weighted by Crippen LogP contribution is 2.20. The number of hydrogen-bond acceptors (Lipinski definition) is 2. The van der Waals surface area contributed by atoms with Crippen LogP contribution in [-0.4, -0.2) is 17.2 Å². The van der Waals surface area contributed by atoms with E-state index in [4.69, 9.17) is 0 Å². The summed E-state index contributed by atoms with van der Waals surface area (Å²) in [6.07, 6.45) is 0. The summed E-state index contributed by atoms with van der Waals surface area (Å²) in [6, 6.07) is 6.23. The largest absolute Gasteiger partial charge is 0.371 e. The molecule has 0 amide bonds. The molecule has 0 fully saturated rings.